The predicted molar refractivity (Wildman–Crippen MR) is 74.6 cm³/mol. The highest BCUT2D eigenvalue weighted by Gasteiger charge is 2.55. The minimum atomic E-state index is -1.65. The maximum absolute atomic E-state index is 14.6. The first-order chi connectivity index (χ1) is 10.5. The molecule has 4 N–H and O–H groups in total. The zero-order valence-electron chi connectivity index (χ0n) is 12.1. The lowest BCUT2D eigenvalue weighted by Crippen LogP contribution is -2.42. The molecule has 3 rings (SSSR count). The van der Waals surface area contributed by atoms with Crippen molar-refractivity contribution < 1.29 is 19.3 Å². The van der Waals surface area contributed by atoms with Gasteiger partial charge < -0.3 is 20.7 Å². The molecule has 0 aromatic carbocycles. The van der Waals surface area contributed by atoms with Crippen LogP contribution in [0.15, 0.2) is 12.5 Å². The Morgan fingerprint density at radius 1 is 1.50 bits per heavy atom. The first kappa shape index (κ1) is 15.1. The van der Waals surface area contributed by atoms with E-state index in [4.69, 9.17) is 10.5 Å². The van der Waals surface area contributed by atoms with Gasteiger partial charge in [-0.25, -0.2) is 18.9 Å². The van der Waals surface area contributed by atoms with Gasteiger partial charge in [-0.15, -0.1) is 0 Å². The van der Waals surface area contributed by atoms with E-state index in [0.717, 1.165) is 0 Å². The van der Waals surface area contributed by atoms with Crippen LogP contribution in [0.3, 0.4) is 0 Å². The van der Waals surface area contributed by atoms with E-state index >= 15 is 0 Å². The molecule has 0 aliphatic carbocycles. The van der Waals surface area contributed by atoms with Crippen LogP contribution in [0, 0.1) is 0 Å². The average molecular weight is 311 g/mol. The van der Waals surface area contributed by atoms with Crippen LogP contribution in [0.25, 0.3) is 5.65 Å². The summed E-state index contributed by atoms with van der Waals surface area (Å²) in [5, 5.41) is 23.4. The summed E-state index contributed by atoms with van der Waals surface area (Å²) in [4.78, 5) is 7.90. The Labute approximate surface area is 125 Å². The van der Waals surface area contributed by atoms with Crippen molar-refractivity contribution in [1.29, 1.82) is 0 Å². The Kier molecular flexibility index (Phi) is 3.71. The Hall–Kier alpha value is -1.84. The molecule has 1 saturated heterocycles. The van der Waals surface area contributed by atoms with Crippen LogP contribution in [0.2, 0.25) is 0 Å². The van der Waals surface area contributed by atoms with E-state index in [2.05, 4.69) is 15.1 Å². The third-order valence-electron chi connectivity index (χ3n) is 4.27. The monoisotopic (exact) mass is 311 g/mol. The van der Waals surface area contributed by atoms with Crippen LogP contribution in [0.4, 0.5) is 10.2 Å². The number of anilines is 1. The van der Waals surface area contributed by atoms with Crippen molar-refractivity contribution in [2.45, 2.75) is 43.7 Å². The number of nitrogen functional groups attached to an aromatic ring is 1. The summed E-state index contributed by atoms with van der Waals surface area (Å²) in [6, 6.07) is 0. The van der Waals surface area contributed by atoms with E-state index in [1.165, 1.54) is 17.0 Å². The van der Waals surface area contributed by atoms with Gasteiger partial charge in [0.05, 0.1) is 17.5 Å². The summed E-state index contributed by atoms with van der Waals surface area (Å²) in [5.74, 6) is 0.173. The summed E-state index contributed by atoms with van der Waals surface area (Å²) in [6.07, 6.45) is -0.843. The SMILES string of the molecule is CC[C@]1(CCO)O[C@@H](c2cnc3c(N)ncnn23)[C@H](F)[C@@H]1O. The topological polar surface area (TPSA) is 119 Å². The second-order valence-electron chi connectivity index (χ2n) is 5.38. The number of nitrogens with zero attached hydrogens (tertiary/aromatic N) is 4. The fourth-order valence-corrected chi connectivity index (χ4v) is 2.98. The van der Waals surface area contributed by atoms with E-state index in [9.17, 15) is 14.6 Å². The van der Waals surface area contributed by atoms with E-state index in [1.54, 1.807) is 6.92 Å². The molecule has 0 radical (unpaired) electrons. The molecule has 0 bridgehead atoms. The largest absolute Gasteiger partial charge is 0.396 e. The maximum atomic E-state index is 14.6. The van der Waals surface area contributed by atoms with E-state index in [1.807, 2.05) is 0 Å². The van der Waals surface area contributed by atoms with E-state index in [-0.39, 0.29) is 18.8 Å². The van der Waals surface area contributed by atoms with E-state index < -0.39 is 24.0 Å². The zero-order chi connectivity index (χ0) is 15.9. The van der Waals surface area contributed by atoms with Crippen molar-refractivity contribution in [3.63, 3.8) is 0 Å². The normalized spacial score (nSPS) is 31.9. The summed E-state index contributed by atoms with van der Waals surface area (Å²) in [7, 11) is 0. The number of aromatic nitrogens is 4. The number of fused-ring (bicyclic) bond motifs is 1. The van der Waals surface area contributed by atoms with Gasteiger partial charge in [-0.3, -0.25) is 0 Å². The fourth-order valence-electron chi connectivity index (χ4n) is 2.98. The number of ether oxygens (including phenoxy) is 1. The molecular weight excluding hydrogens is 293 g/mol. The van der Waals surface area contributed by atoms with Crippen molar-refractivity contribution in [3.05, 3.63) is 18.2 Å². The van der Waals surface area contributed by atoms with Gasteiger partial charge in [-0.1, -0.05) is 6.92 Å². The number of alkyl halides is 1. The van der Waals surface area contributed by atoms with Crippen LogP contribution in [0.5, 0.6) is 0 Å². The molecule has 3 heterocycles. The Morgan fingerprint density at radius 3 is 2.95 bits per heavy atom. The number of halogens is 1. The highest BCUT2D eigenvalue weighted by atomic mass is 19.1. The Balaban J connectivity index is 2.02. The van der Waals surface area contributed by atoms with Gasteiger partial charge in [0.15, 0.2) is 17.6 Å². The molecular formula is C13H18FN5O3. The second-order valence-corrected chi connectivity index (χ2v) is 5.38. The van der Waals surface area contributed by atoms with Gasteiger partial charge in [0.25, 0.3) is 0 Å². The number of hydrogen-bond donors (Lipinski definition) is 3. The highest BCUT2D eigenvalue weighted by molar-refractivity contribution is 5.58. The average Bonchev–Trinajstić information content (AvgIpc) is 3.04. The lowest BCUT2D eigenvalue weighted by Gasteiger charge is -2.30. The van der Waals surface area contributed by atoms with Crippen LogP contribution >= 0.6 is 0 Å². The van der Waals surface area contributed by atoms with Crippen molar-refractivity contribution in [2.24, 2.45) is 0 Å². The number of hydrogen-bond acceptors (Lipinski definition) is 7. The molecule has 8 nitrogen and oxygen atoms in total. The molecule has 0 unspecified atom stereocenters. The van der Waals surface area contributed by atoms with Gasteiger partial charge in [0, 0.05) is 13.0 Å². The molecule has 22 heavy (non-hydrogen) atoms. The summed E-state index contributed by atoms with van der Waals surface area (Å²) in [5.41, 5.74) is 5.24. The highest BCUT2D eigenvalue weighted by Crippen LogP contribution is 2.45. The fraction of sp³-hybridized carbons (Fsp3) is 0.615. The first-order valence-corrected chi connectivity index (χ1v) is 7.09. The minimum Gasteiger partial charge on any atom is -0.396 e. The number of aliphatic hydroxyl groups is 2. The Bertz CT molecular complexity index is 681. The van der Waals surface area contributed by atoms with Crippen LogP contribution in [-0.2, 0) is 4.74 Å². The van der Waals surface area contributed by atoms with Crippen LogP contribution in [0.1, 0.15) is 31.6 Å². The lowest BCUT2D eigenvalue weighted by atomic mass is 9.89. The molecule has 1 aliphatic heterocycles. The van der Waals surface area contributed by atoms with Gasteiger partial charge in [-0.2, -0.15) is 5.10 Å². The predicted octanol–water partition coefficient (Wildman–Crippen LogP) is 0.00800. The second kappa shape index (κ2) is 5.41. The molecule has 2 aromatic heterocycles. The number of imidazole rings is 1. The molecule has 2 aromatic rings. The number of rotatable bonds is 4. The van der Waals surface area contributed by atoms with Crippen molar-refractivity contribution in [3.8, 4) is 0 Å². The summed E-state index contributed by atoms with van der Waals surface area (Å²) in [6.45, 7) is 1.58. The molecule has 0 spiro atoms. The Morgan fingerprint density at radius 2 is 2.27 bits per heavy atom. The number of aliphatic hydroxyl groups excluding tert-OH is 2. The van der Waals surface area contributed by atoms with Gasteiger partial charge >= 0.3 is 0 Å². The smallest absolute Gasteiger partial charge is 0.196 e. The number of nitrogens with two attached hydrogens (primary N) is 1. The molecule has 4 atom stereocenters. The van der Waals surface area contributed by atoms with Gasteiger partial charge in [0.1, 0.15) is 18.5 Å². The zero-order valence-corrected chi connectivity index (χ0v) is 12.1. The molecule has 9 heteroatoms. The minimum absolute atomic E-state index is 0.148. The van der Waals surface area contributed by atoms with Crippen LogP contribution in [-0.4, -0.2) is 54.3 Å². The maximum Gasteiger partial charge on any atom is 0.196 e. The quantitative estimate of drug-likeness (QED) is 0.727. The van der Waals surface area contributed by atoms with Gasteiger partial charge in [0.2, 0.25) is 0 Å². The molecule has 120 valence electrons. The summed E-state index contributed by atoms with van der Waals surface area (Å²) < 4.78 is 21.8. The van der Waals surface area contributed by atoms with Gasteiger partial charge in [-0.05, 0) is 6.42 Å². The van der Waals surface area contributed by atoms with Crippen LogP contribution < -0.4 is 5.73 Å². The van der Waals surface area contributed by atoms with Crippen molar-refractivity contribution in [1.82, 2.24) is 19.6 Å². The third-order valence-corrected chi connectivity index (χ3v) is 4.27. The van der Waals surface area contributed by atoms with Crippen molar-refractivity contribution in [2.75, 3.05) is 12.3 Å². The lowest BCUT2D eigenvalue weighted by molar-refractivity contribution is -0.0985. The summed E-state index contributed by atoms with van der Waals surface area (Å²) >= 11 is 0. The molecule has 0 saturated carbocycles. The van der Waals surface area contributed by atoms with Crippen molar-refractivity contribution >= 4 is 11.5 Å². The molecule has 0 amide bonds. The standard InChI is InChI=1S/C13H18FN5O3/c1-2-13(3-4-20)10(21)8(14)9(22-13)7-5-16-12-11(15)17-6-18-19(7)12/h5-6,8-10,20-21H,2-4H2,1H3,(H2,15,17,18)/t8-,9-,10-,13+/m0/s1. The molecule has 1 aliphatic rings. The van der Waals surface area contributed by atoms with E-state index in [0.29, 0.717) is 17.8 Å². The molecule has 1 fully saturated rings. The third kappa shape index (κ3) is 2.04. The first-order valence-electron chi connectivity index (χ1n) is 7.09.